The summed E-state index contributed by atoms with van der Waals surface area (Å²) in [7, 11) is 0. The molecule has 9 heavy (non-hydrogen) atoms. The Kier molecular flexibility index (Phi) is 6.94. The van der Waals surface area contributed by atoms with Gasteiger partial charge < -0.3 is 9.11 Å². The first-order valence-electron chi connectivity index (χ1n) is 2.21. The van der Waals surface area contributed by atoms with Crippen molar-refractivity contribution >= 4 is 12.3 Å². The lowest BCUT2D eigenvalue weighted by atomic mass is 10.5. The molecule has 0 saturated heterocycles. The molecular formula is C5H7NO2S. The molecule has 0 bridgehead atoms. The molecule has 0 aliphatic carbocycles. The first-order valence-corrected chi connectivity index (χ1v) is 2.95. The molecule has 1 aromatic heterocycles. The van der Waals surface area contributed by atoms with Crippen molar-refractivity contribution in [3.8, 4) is 0 Å². The molecule has 3 nitrogen and oxygen atoms in total. The van der Waals surface area contributed by atoms with Crippen molar-refractivity contribution in [2.24, 2.45) is 0 Å². The van der Waals surface area contributed by atoms with Crippen LogP contribution < -0.4 is 0 Å². The highest BCUT2D eigenvalue weighted by atomic mass is 32.2. The monoisotopic (exact) mass is 145 g/mol. The lowest BCUT2D eigenvalue weighted by Crippen LogP contribution is -1.58. The van der Waals surface area contributed by atoms with Crippen LogP contribution in [0, 0.1) is 0 Å². The number of nitrogens with zero attached hydrogens (tertiary/aromatic N) is 1. The van der Waals surface area contributed by atoms with Crippen molar-refractivity contribution in [1.29, 1.82) is 0 Å². The summed E-state index contributed by atoms with van der Waals surface area (Å²) in [6, 6.07) is 5.72. The maximum Gasteiger partial charge on any atom is 0.152 e. The zero-order valence-electron chi connectivity index (χ0n) is 4.64. The minimum absolute atomic E-state index is 0.250. The Morgan fingerprint density at radius 3 is 1.56 bits per heavy atom. The molecule has 4 heteroatoms. The van der Waals surface area contributed by atoms with E-state index in [1.54, 1.807) is 12.4 Å². The van der Waals surface area contributed by atoms with Gasteiger partial charge in [-0.05, 0) is 12.1 Å². The molecule has 0 saturated carbocycles. The summed E-state index contributed by atoms with van der Waals surface area (Å²) < 4.78 is 14.1. The van der Waals surface area contributed by atoms with E-state index in [1.165, 1.54) is 0 Å². The van der Waals surface area contributed by atoms with Crippen LogP contribution in [0.4, 0.5) is 0 Å². The molecule has 1 aromatic rings. The van der Waals surface area contributed by atoms with Crippen LogP contribution in [-0.4, -0.2) is 14.1 Å². The Labute approximate surface area is 57.8 Å². The number of hydrogen-bond acceptors (Lipinski definition) is 4. The van der Waals surface area contributed by atoms with E-state index in [0.29, 0.717) is 0 Å². The quantitative estimate of drug-likeness (QED) is 0.546. The van der Waals surface area contributed by atoms with Crippen molar-refractivity contribution in [3.63, 3.8) is 0 Å². The highest BCUT2D eigenvalue weighted by Gasteiger charge is 1.58. The predicted molar refractivity (Wildman–Crippen MR) is 37.1 cm³/mol. The van der Waals surface area contributed by atoms with Crippen molar-refractivity contribution in [3.05, 3.63) is 30.6 Å². The van der Waals surface area contributed by atoms with Gasteiger partial charge in [0.15, 0.2) is 12.3 Å². The second kappa shape index (κ2) is 7.42. The summed E-state index contributed by atoms with van der Waals surface area (Å²) in [5, 5.41) is 0. The molecule has 0 amide bonds. The number of rotatable bonds is 0. The van der Waals surface area contributed by atoms with E-state index in [0.717, 1.165) is 0 Å². The molecule has 0 atom stereocenters. The maximum absolute atomic E-state index is 7.04. The van der Waals surface area contributed by atoms with Gasteiger partial charge in [-0.3, -0.25) is 4.98 Å². The highest BCUT2D eigenvalue weighted by Crippen LogP contribution is 1.73. The van der Waals surface area contributed by atoms with Crippen LogP contribution in [0.1, 0.15) is 0 Å². The minimum Gasteiger partial charge on any atom is -0.307 e. The number of pyridine rings is 1. The third-order valence-corrected chi connectivity index (χ3v) is 0.566. The summed E-state index contributed by atoms with van der Waals surface area (Å²) >= 11 is -0.250. The molecule has 0 aromatic carbocycles. The topological polar surface area (TPSA) is 53.4 Å². The summed E-state index contributed by atoms with van der Waals surface area (Å²) in [5.74, 6) is 0. The fourth-order valence-electron chi connectivity index (χ4n) is 0.313. The molecule has 2 N–H and O–H groups in total. The van der Waals surface area contributed by atoms with E-state index in [1.807, 2.05) is 18.2 Å². The van der Waals surface area contributed by atoms with E-state index >= 15 is 0 Å². The Balaban J connectivity index is 0.000000187. The SMILES string of the molecule is OSO.c1ccncc1. The van der Waals surface area contributed by atoms with Crippen molar-refractivity contribution < 1.29 is 9.11 Å². The summed E-state index contributed by atoms with van der Waals surface area (Å²) in [5.41, 5.74) is 0. The average Bonchev–Trinajstić information content (AvgIpc) is 1.93. The van der Waals surface area contributed by atoms with E-state index in [-0.39, 0.29) is 12.3 Å². The summed E-state index contributed by atoms with van der Waals surface area (Å²) in [6.07, 6.45) is 3.50. The Hall–Kier alpha value is -0.580. The van der Waals surface area contributed by atoms with Crippen LogP contribution in [0.5, 0.6) is 0 Å². The Morgan fingerprint density at radius 1 is 1.00 bits per heavy atom. The number of aromatic nitrogens is 1. The average molecular weight is 145 g/mol. The van der Waals surface area contributed by atoms with Crippen LogP contribution in [0.3, 0.4) is 0 Å². The Bertz CT molecular complexity index is 97.8. The molecule has 0 spiro atoms. The highest BCUT2D eigenvalue weighted by molar-refractivity contribution is 7.87. The fraction of sp³-hybridized carbons (Fsp3) is 0. The van der Waals surface area contributed by atoms with Crippen LogP contribution >= 0.6 is 12.3 Å². The summed E-state index contributed by atoms with van der Waals surface area (Å²) in [4.78, 5) is 3.78. The molecule has 0 unspecified atom stereocenters. The van der Waals surface area contributed by atoms with Crippen LogP contribution in [0.25, 0.3) is 0 Å². The third-order valence-electron chi connectivity index (χ3n) is 0.566. The van der Waals surface area contributed by atoms with Gasteiger partial charge in [0.05, 0.1) is 0 Å². The van der Waals surface area contributed by atoms with Gasteiger partial charge in [-0.25, -0.2) is 0 Å². The van der Waals surface area contributed by atoms with Crippen molar-refractivity contribution in [1.82, 2.24) is 4.98 Å². The third kappa shape index (κ3) is 7.42. The van der Waals surface area contributed by atoms with Gasteiger partial charge in [-0.15, -0.1) is 0 Å². The first-order chi connectivity index (χ1) is 4.41. The van der Waals surface area contributed by atoms with Gasteiger partial charge in [0.25, 0.3) is 0 Å². The zero-order chi connectivity index (χ0) is 6.95. The van der Waals surface area contributed by atoms with Crippen LogP contribution in [0.2, 0.25) is 0 Å². The maximum atomic E-state index is 7.04. The first kappa shape index (κ1) is 8.42. The standard InChI is InChI=1S/C5H5N.H2O2S/c1-2-4-6-5-3-1;1-3-2/h1-5H;1-2H. The van der Waals surface area contributed by atoms with Gasteiger partial charge in [0.1, 0.15) is 0 Å². The second-order valence-electron chi connectivity index (χ2n) is 1.11. The lowest BCUT2D eigenvalue weighted by Gasteiger charge is -1.70. The van der Waals surface area contributed by atoms with E-state index < -0.39 is 0 Å². The van der Waals surface area contributed by atoms with Gasteiger partial charge in [-0.2, -0.15) is 0 Å². The van der Waals surface area contributed by atoms with E-state index in [2.05, 4.69) is 4.98 Å². The van der Waals surface area contributed by atoms with E-state index in [4.69, 9.17) is 9.11 Å². The zero-order valence-corrected chi connectivity index (χ0v) is 5.45. The van der Waals surface area contributed by atoms with Crippen molar-refractivity contribution in [2.45, 2.75) is 0 Å². The molecule has 1 heterocycles. The molecule has 50 valence electrons. The number of hydrogen-bond donors (Lipinski definition) is 2. The van der Waals surface area contributed by atoms with Crippen LogP contribution in [-0.2, 0) is 0 Å². The smallest absolute Gasteiger partial charge is 0.152 e. The molecule has 0 aliphatic rings. The van der Waals surface area contributed by atoms with Crippen LogP contribution in [0.15, 0.2) is 30.6 Å². The fourth-order valence-corrected chi connectivity index (χ4v) is 0.313. The van der Waals surface area contributed by atoms with Gasteiger partial charge in [0, 0.05) is 12.4 Å². The van der Waals surface area contributed by atoms with Crippen molar-refractivity contribution in [2.75, 3.05) is 0 Å². The predicted octanol–water partition coefficient (Wildman–Crippen LogP) is 1.75. The molecule has 0 fully saturated rings. The Morgan fingerprint density at radius 2 is 1.44 bits per heavy atom. The van der Waals surface area contributed by atoms with E-state index in [9.17, 15) is 0 Å². The molecule has 0 radical (unpaired) electrons. The molecule has 0 aliphatic heterocycles. The van der Waals surface area contributed by atoms with Gasteiger partial charge >= 0.3 is 0 Å². The molecule has 1 rings (SSSR count). The summed E-state index contributed by atoms with van der Waals surface area (Å²) in [6.45, 7) is 0. The normalized spacial score (nSPS) is 7.33. The largest absolute Gasteiger partial charge is 0.307 e. The van der Waals surface area contributed by atoms with Gasteiger partial charge in [0.2, 0.25) is 0 Å². The second-order valence-corrected chi connectivity index (χ2v) is 1.27. The minimum atomic E-state index is -0.250. The lowest BCUT2D eigenvalue weighted by molar-refractivity contribution is 0.541. The molecular weight excluding hydrogens is 138 g/mol. The van der Waals surface area contributed by atoms with Gasteiger partial charge in [-0.1, -0.05) is 6.07 Å².